The Kier molecular flexibility index (Phi) is 6.83. The highest BCUT2D eigenvalue weighted by Gasteiger charge is 2.34. The summed E-state index contributed by atoms with van der Waals surface area (Å²) < 4.78 is 73.8. The summed E-state index contributed by atoms with van der Waals surface area (Å²) in [6, 6.07) is 17.5. The average Bonchev–Trinajstić information content (AvgIpc) is 2.73. The van der Waals surface area contributed by atoms with Crippen LogP contribution < -0.4 is 9.04 Å². The Bertz CT molecular complexity index is 1160. The van der Waals surface area contributed by atoms with E-state index in [2.05, 4.69) is 0 Å². The van der Waals surface area contributed by atoms with Gasteiger partial charge in [-0.3, -0.25) is 4.31 Å². The van der Waals surface area contributed by atoms with Crippen LogP contribution in [0.5, 0.6) is 5.75 Å². The maximum absolute atomic E-state index is 13.4. The van der Waals surface area contributed by atoms with Gasteiger partial charge in [0.25, 0.3) is 10.0 Å². The maximum Gasteiger partial charge on any atom is 0.416 e. The normalized spacial score (nSPS) is 12.1. The van der Waals surface area contributed by atoms with Crippen LogP contribution in [0, 0.1) is 6.92 Å². The Hall–Kier alpha value is -3.00. The van der Waals surface area contributed by atoms with Crippen LogP contribution in [0.1, 0.15) is 30.5 Å². The predicted molar refractivity (Wildman–Crippen MR) is 118 cm³/mol. The van der Waals surface area contributed by atoms with Gasteiger partial charge in [0, 0.05) is 6.04 Å². The van der Waals surface area contributed by atoms with Gasteiger partial charge in [-0.05, 0) is 56.7 Å². The van der Waals surface area contributed by atoms with E-state index in [1.54, 1.807) is 50.2 Å². The lowest BCUT2D eigenvalue weighted by Crippen LogP contribution is -2.37. The smallest absolute Gasteiger partial charge is 0.416 e. The minimum Gasteiger partial charge on any atom is -0.487 e. The van der Waals surface area contributed by atoms with E-state index < -0.39 is 27.8 Å². The van der Waals surface area contributed by atoms with E-state index in [9.17, 15) is 21.6 Å². The zero-order valence-electron chi connectivity index (χ0n) is 17.9. The van der Waals surface area contributed by atoms with E-state index in [0.29, 0.717) is 0 Å². The molecule has 32 heavy (non-hydrogen) atoms. The summed E-state index contributed by atoms with van der Waals surface area (Å²) in [5.41, 5.74) is 0.764. The van der Waals surface area contributed by atoms with Gasteiger partial charge in [-0.15, -0.1) is 0 Å². The molecule has 0 aliphatic carbocycles. The van der Waals surface area contributed by atoms with Crippen LogP contribution in [0.2, 0.25) is 0 Å². The molecule has 0 saturated carbocycles. The number of hydrogen-bond acceptors (Lipinski definition) is 3. The highest BCUT2D eigenvalue weighted by molar-refractivity contribution is 7.92. The molecule has 0 atom stereocenters. The van der Waals surface area contributed by atoms with Crippen LogP contribution in [0.3, 0.4) is 0 Å². The molecular formula is C24H24F3NO3S. The van der Waals surface area contributed by atoms with Crippen molar-refractivity contribution in [1.29, 1.82) is 0 Å². The molecule has 3 aromatic rings. The highest BCUT2D eigenvalue weighted by atomic mass is 32.2. The zero-order chi connectivity index (χ0) is 23.5. The molecular weight excluding hydrogens is 439 g/mol. The van der Waals surface area contributed by atoms with Crippen LogP contribution in [-0.4, -0.2) is 14.5 Å². The molecule has 0 aliphatic heterocycles. The van der Waals surface area contributed by atoms with E-state index in [1.807, 2.05) is 13.0 Å². The van der Waals surface area contributed by atoms with Gasteiger partial charge in [0.15, 0.2) is 0 Å². The van der Waals surface area contributed by atoms with Crippen molar-refractivity contribution in [2.45, 2.75) is 44.5 Å². The molecule has 0 bridgehead atoms. The number of aryl methyl sites for hydroxylation is 1. The van der Waals surface area contributed by atoms with Crippen molar-refractivity contribution in [3.05, 3.63) is 89.5 Å². The Labute approximate surface area is 186 Å². The number of anilines is 1. The van der Waals surface area contributed by atoms with E-state index in [0.717, 1.165) is 33.6 Å². The first-order valence-corrected chi connectivity index (χ1v) is 11.4. The van der Waals surface area contributed by atoms with E-state index in [4.69, 9.17) is 4.74 Å². The molecule has 3 rings (SSSR count). The topological polar surface area (TPSA) is 46.6 Å². The van der Waals surface area contributed by atoms with Crippen molar-refractivity contribution in [2.75, 3.05) is 4.31 Å². The Morgan fingerprint density at radius 2 is 1.56 bits per heavy atom. The quantitative estimate of drug-likeness (QED) is 0.419. The number of halogens is 3. The molecule has 0 heterocycles. The van der Waals surface area contributed by atoms with Gasteiger partial charge in [-0.2, -0.15) is 13.2 Å². The van der Waals surface area contributed by atoms with Crippen molar-refractivity contribution in [2.24, 2.45) is 0 Å². The molecule has 0 unspecified atom stereocenters. The van der Waals surface area contributed by atoms with E-state index in [1.165, 1.54) is 12.1 Å². The predicted octanol–water partition coefficient (Wildman–Crippen LogP) is 6.20. The average molecular weight is 464 g/mol. The first kappa shape index (κ1) is 23.7. The lowest BCUT2D eigenvalue weighted by atomic mass is 10.1. The van der Waals surface area contributed by atoms with Crippen molar-refractivity contribution < 1.29 is 26.3 Å². The first-order chi connectivity index (χ1) is 15.0. The standard InChI is InChI=1S/C24H24F3NO3S/c1-17(2)28(32(29,30)21-12-9-18(3)10-13-21)22-14-11-20(24(25,26)27)15-23(22)31-16-19-7-5-4-6-8-19/h4-15,17H,16H2,1-3H3. The molecule has 0 aliphatic rings. The van der Waals surface area contributed by atoms with Gasteiger partial charge in [0.05, 0.1) is 16.1 Å². The van der Waals surface area contributed by atoms with Crippen LogP contribution in [0.15, 0.2) is 77.7 Å². The summed E-state index contributed by atoms with van der Waals surface area (Å²) in [4.78, 5) is 0.0470. The third-order valence-electron chi connectivity index (χ3n) is 4.81. The van der Waals surface area contributed by atoms with Crippen LogP contribution in [0.4, 0.5) is 18.9 Å². The summed E-state index contributed by atoms with van der Waals surface area (Å²) in [5, 5.41) is 0. The van der Waals surface area contributed by atoms with E-state index >= 15 is 0 Å². The fourth-order valence-electron chi connectivity index (χ4n) is 3.23. The van der Waals surface area contributed by atoms with Crippen molar-refractivity contribution >= 4 is 15.7 Å². The molecule has 0 N–H and O–H groups in total. The number of rotatable bonds is 7. The van der Waals surface area contributed by atoms with Crippen molar-refractivity contribution in [3.8, 4) is 5.75 Å². The van der Waals surface area contributed by atoms with Gasteiger partial charge >= 0.3 is 6.18 Å². The minimum absolute atomic E-state index is 0.00827. The van der Waals surface area contributed by atoms with E-state index in [-0.39, 0.29) is 22.9 Å². The number of nitrogens with zero attached hydrogens (tertiary/aromatic N) is 1. The molecule has 3 aromatic carbocycles. The number of ether oxygens (including phenoxy) is 1. The molecule has 0 radical (unpaired) electrons. The number of hydrogen-bond donors (Lipinski definition) is 0. The molecule has 0 spiro atoms. The summed E-state index contributed by atoms with van der Waals surface area (Å²) in [6.45, 7) is 5.14. The van der Waals surface area contributed by atoms with Gasteiger partial charge in [-0.25, -0.2) is 8.42 Å². The molecule has 0 fully saturated rings. The van der Waals surface area contributed by atoms with Gasteiger partial charge in [0.1, 0.15) is 12.4 Å². The monoisotopic (exact) mass is 463 g/mol. The Morgan fingerprint density at radius 3 is 2.12 bits per heavy atom. The largest absolute Gasteiger partial charge is 0.487 e. The summed E-state index contributed by atoms with van der Waals surface area (Å²) in [6.07, 6.45) is -4.60. The number of sulfonamides is 1. The van der Waals surface area contributed by atoms with Gasteiger partial charge in [0.2, 0.25) is 0 Å². The first-order valence-electron chi connectivity index (χ1n) is 9.99. The molecule has 8 heteroatoms. The van der Waals surface area contributed by atoms with Gasteiger partial charge in [-0.1, -0.05) is 48.0 Å². The molecule has 170 valence electrons. The second-order valence-corrected chi connectivity index (χ2v) is 9.48. The molecule has 0 aromatic heterocycles. The number of alkyl halides is 3. The van der Waals surface area contributed by atoms with Gasteiger partial charge < -0.3 is 4.74 Å². The highest BCUT2D eigenvalue weighted by Crippen LogP contribution is 2.39. The second kappa shape index (κ2) is 9.24. The van der Waals surface area contributed by atoms with Crippen LogP contribution >= 0.6 is 0 Å². The van der Waals surface area contributed by atoms with Crippen molar-refractivity contribution in [3.63, 3.8) is 0 Å². The zero-order valence-corrected chi connectivity index (χ0v) is 18.7. The lowest BCUT2D eigenvalue weighted by molar-refractivity contribution is -0.137. The van der Waals surface area contributed by atoms with Crippen molar-refractivity contribution in [1.82, 2.24) is 0 Å². The second-order valence-electron chi connectivity index (χ2n) is 7.66. The Balaban J connectivity index is 2.10. The maximum atomic E-state index is 13.4. The fraction of sp³-hybridized carbons (Fsp3) is 0.250. The SMILES string of the molecule is Cc1ccc(S(=O)(=O)N(c2ccc(C(F)(F)F)cc2OCc2ccccc2)C(C)C)cc1. The summed E-state index contributed by atoms with van der Waals surface area (Å²) in [5.74, 6) is -0.159. The summed E-state index contributed by atoms with van der Waals surface area (Å²) in [7, 11) is -4.05. The fourth-order valence-corrected chi connectivity index (χ4v) is 4.90. The molecule has 4 nitrogen and oxygen atoms in total. The third-order valence-corrected chi connectivity index (χ3v) is 6.81. The van der Waals surface area contributed by atoms with Crippen LogP contribution in [-0.2, 0) is 22.8 Å². The molecule has 0 saturated heterocycles. The lowest BCUT2D eigenvalue weighted by Gasteiger charge is -2.30. The summed E-state index contributed by atoms with van der Waals surface area (Å²) >= 11 is 0. The molecule has 0 amide bonds. The Morgan fingerprint density at radius 1 is 0.938 bits per heavy atom. The minimum atomic E-state index is -4.60. The van der Waals surface area contributed by atoms with Crippen LogP contribution in [0.25, 0.3) is 0 Å². The third kappa shape index (κ3) is 5.24. The number of benzene rings is 3.